The summed E-state index contributed by atoms with van der Waals surface area (Å²) in [5, 5.41) is 10.6. The van der Waals surface area contributed by atoms with Gasteiger partial charge in [-0.05, 0) is 122 Å². The number of ether oxygens (including phenoxy) is 4. The lowest BCUT2D eigenvalue weighted by Gasteiger charge is -2.21. The average molecular weight is 1470 g/mol. The standard InChI is InChI=1S/C83H142O17P2/c1-5-9-13-17-21-25-29-33-36-37-38-39-42-45-48-52-56-60-64-68-81(86)94-74-79(100-83(88)70-66-62-58-54-50-46-41-35-31-27-23-19-15-11-7-3)76-98-102(91,92)96-72-77(84)71-95-101(89,90)97-75-78(99-82(87)69-65-61-57-53-49-43-32-28-24-20-16-12-8-4)73-93-80(85)67-63-59-55-51-47-44-40-34-30-26-22-18-14-10-6-2/h9,13,16,20-22,25-26,28,32-34,36,38-40,45,48,56,60,77-79,84H,5-8,10-12,14-15,17-19,23-24,27,29-31,35,37,41-44,46-47,49-55,57-59,61-76H2,1-4H3,(H,89,90)(H,91,92)/b13-9-,20-16-,25-21-,26-22-,32-28-,36-33-,39-38-,40-34-,48-45-,60-56-. The van der Waals surface area contributed by atoms with E-state index in [0.29, 0.717) is 32.1 Å². The van der Waals surface area contributed by atoms with Crippen LogP contribution in [-0.4, -0.2) is 96.7 Å². The molecule has 5 atom stereocenters. The van der Waals surface area contributed by atoms with Crippen LogP contribution in [0.4, 0.5) is 0 Å². The van der Waals surface area contributed by atoms with Crippen molar-refractivity contribution in [3.8, 4) is 0 Å². The number of phosphoric ester groups is 2. The molecule has 0 rings (SSSR count). The first-order valence-electron chi connectivity index (χ1n) is 39.8. The van der Waals surface area contributed by atoms with Gasteiger partial charge in [-0.1, -0.05) is 297 Å². The van der Waals surface area contributed by atoms with E-state index in [4.69, 9.17) is 37.0 Å². The van der Waals surface area contributed by atoms with Gasteiger partial charge >= 0.3 is 39.5 Å². The third kappa shape index (κ3) is 73.8. The fourth-order valence-corrected chi connectivity index (χ4v) is 12.0. The van der Waals surface area contributed by atoms with Crippen molar-refractivity contribution in [1.82, 2.24) is 0 Å². The molecule has 0 saturated heterocycles. The summed E-state index contributed by atoms with van der Waals surface area (Å²) < 4.78 is 68.5. The molecular formula is C83H142O17P2. The van der Waals surface area contributed by atoms with Gasteiger partial charge in [-0.2, -0.15) is 0 Å². The Labute approximate surface area is 619 Å². The molecule has 0 spiro atoms. The lowest BCUT2D eigenvalue weighted by atomic mass is 10.0. The average Bonchev–Trinajstić information content (AvgIpc) is 0.924. The second-order valence-corrected chi connectivity index (χ2v) is 29.2. The van der Waals surface area contributed by atoms with E-state index in [-0.39, 0.29) is 25.7 Å². The van der Waals surface area contributed by atoms with Gasteiger partial charge in [0.05, 0.1) is 26.4 Å². The van der Waals surface area contributed by atoms with Crippen molar-refractivity contribution in [2.24, 2.45) is 0 Å². The van der Waals surface area contributed by atoms with Crippen LogP contribution in [0, 0.1) is 0 Å². The quantitative estimate of drug-likeness (QED) is 0.0169. The monoisotopic (exact) mass is 1470 g/mol. The predicted molar refractivity (Wildman–Crippen MR) is 418 cm³/mol. The number of carbonyl (C=O) groups is 4. The van der Waals surface area contributed by atoms with E-state index in [0.717, 1.165) is 154 Å². The molecule has 17 nitrogen and oxygen atoms in total. The second-order valence-electron chi connectivity index (χ2n) is 26.3. The number of esters is 4. The Balaban J connectivity index is 5.42. The Hall–Kier alpha value is -4.54. The first kappa shape index (κ1) is 97.5. The van der Waals surface area contributed by atoms with E-state index in [1.807, 2.05) is 18.2 Å². The van der Waals surface area contributed by atoms with Gasteiger partial charge < -0.3 is 33.8 Å². The lowest BCUT2D eigenvalue weighted by molar-refractivity contribution is -0.161. The third-order valence-electron chi connectivity index (χ3n) is 16.4. The molecule has 0 aromatic rings. The highest BCUT2D eigenvalue weighted by Crippen LogP contribution is 2.45. The molecule has 0 amide bonds. The third-order valence-corrected chi connectivity index (χ3v) is 18.3. The van der Waals surface area contributed by atoms with Gasteiger partial charge in [0, 0.05) is 25.7 Å². The number of phosphoric acid groups is 2. The zero-order valence-electron chi connectivity index (χ0n) is 64.0. The maximum absolute atomic E-state index is 13.1. The Bertz CT molecular complexity index is 2410. The van der Waals surface area contributed by atoms with E-state index in [1.165, 1.54) is 83.5 Å². The second kappa shape index (κ2) is 74.7. The SMILES string of the molecule is CC/C=C\C/C=C\C/C=C\C/C=C\C/C=C\C/C=C\CCC(=O)OCC(COP(=O)(O)OCC(O)COP(=O)(O)OCC(COC(=O)CCCCCCC/C=C\C/C=C\CCCCC)OC(=O)CCCCCCC/C=C\C/C=C\CCC)OC(=O)CCCCCCCCCCCCCCCCC. The predicted octanol–water partition coefficient (Wildman–Crippen LogP) is 23.1. The highest BCUT2D eigenvalue weighted by atomic mass is 31.2. The van der Waals surface area contributed by atoms with Gasteiger partial charge in [-0.25, -0.2) is 9.13 Å². The summed E-state index contributed by atoms with van der Waals surface area (Å²) in [6.45, 7) is 4.58. The van der Waals surface area contributed by atoms with Crippen molar-refractivity contribution in [2.45, 2.75) is 341 Å². The van der Waals surface area contributed by atoms with Gasteiger partial charge in [0.1, 0.15) is 19.3 Å². The van der Waals surface area contributed by atoms with E-state index >= 15 is 0 Å². The minimum atomic E-state index is -4.99. The molecule has 0 aliphatic heterocycles. The first-order valence-corrected chi connectivity index (χ1v) is 42.8. The molecule has 19 heteroatoms. The Morgan fingerprint density at radius 2 is 0.549 bits per heavy atom. The maximum Gasteiger partial charge on any atom is 0.472 e. The molecule has 0 fully saturated rings. The maximum atomic E-state index is 13.1. The number of hydrogen-bond donors (Lipinski definition) is 3. The van der Waals surface area contributed by atoms with Gasteiger partial charge in [-0.15, -0.1) is 0 Å². The summed E-state index contributed by atoms with van der Waals surface area (Å²) in [7, 11) is -9.98. The minimum absolute atomic E-state index is 0.0359. The molecule has 0 heterocycles. The zero-order chi connectivity index (χ0) is 74.6. The van der Waals surface area contributed by atoms with Gasteiger partial charge in [0.25, 0.3) is 0 Å². The summed E-state index contributed by atoms with van der Waals surface area (Å²) in [4.78, 5) is 72.9. The van der Waals surface area contributed by atoms with Crippen molar-refractivity contribution in [1.29, 1.82) is 0 Å². The van der Waals surface area contributed by atoms with Crippen LogP contribution >= 0.6 is 15.6 Å². The summed E-state index contributed by atoms with van der Waals surface area (Å²) in [5.41, 5.74) is 0. The van der Waals surface area contributed by atoms with Gasteiger partial charge in [0.2, 0.25) is 0 Å². The molecule has 586 valence electrons. The molecule has 102 heavy (non-hydrogen) atoms. The molecule has 3 N–H and O–H groups in total. The van der Waals surface area contributed by atoms with Crippen LogP contribution in [0.2, 0.25) is 0 Å². The highest BCUT2D eigenvalue weighted by Gasteiger charge is 2.30. The summed E-state index contributed by atoms with van der Waals surface area (Å²) >= 11 is 0. The molecular weight excluding hydrogens is 1330 g/mol. The van der Waals surface area contributed by atoms with E-state index in [9.17, 15) is 43.2 Å². The van der Waals surface area contributed by atoms with Crippen LogP contribution in [0.1, 0.15) is 323 Å². The molecule has 5 unspecified atom stereocenters. The minimum Gasteiger partial charge on any atom is -0.462 e. The molecule has 0 aliphatic rings. The van der Waals surface area contributed by atoms with Gasteiger partial charge in [0.15, 0.2) is 12.2 Å². The number of aliphatic hydroxyl groups excluding tert-OH is 1. The van der Waals surface area contributed by atoms with Crippen LogP contribution in [0.5, 0.6) is 0 Å². The molecule has 0 aromatic carbocycles. The number of unbranched alkanes of at least 4 members (excludes halogenated alkanes) is 28. The van der Waals surface area contributed by atoms with Crippen LogP contribution in [0.3, 0.4) is 0 Å². The van der Waals surface area contributed by atoms with Crippen LogP contribution in [0.25, 0.3) is 0 Å². The largest absolute Gasteiger partial charge is 0.472 e. The molecule has 0 aliphatic carbocycles. The van der Waals surface area contributed by atoms with E-state index in [1.54, 1.807) is 0 Å². The van der Waals surface area contributed by atoms with Crippen LogP contribution < -0.4 is 0 Å². The van der Waals surface area contributed by atoms with Crippen LogP contribution in [-0.2, 0) is 65.4 Å². The first-order chi connectivity index (χ1) is 49.7. The summed E-state index contributed by atoms with van der Waals surface area (Å²) in [5.74, 6) is -2.29. The number of rotatable bonds is 74. The number of aliphatic hydroxyl groups is 1. The van der Waals surface area contributed by atoms with Crippen molar-refractivity contribution in [3.05, 3.63) is 122 Å². The Kier molecular flexibility index (Phi) is 71.4. The topological polar surface area (TPSA) is 237 Å². The van der Waals surface area contributed by atoms with Crippen LogP contribution in [0.15, 0.2) is 122 Å². The van der Waals surface area contributed by atoms with Crippen molar-refractivity contribution in [2.75, 3.05) is 39.6 Å². The van der Waals surface area contributed by atoms with Crippen molar-refractivity contribution >= 4 is 39.5 Å². The zero-order valence-corrected chi connectivity index (χ0v) is 65.8. The normalized spacial score (nSPS) is 14.5. The summed E-state index contributed by atoms with van der Waals surface area (Å²) in [6, 6.07) is 0. The van der Waals surface area contributed by atoms with E-state index in [2.05, 4.69) is 131 Å². The summed E-state index contributed by atoms with van der Waals surface area (Å²) in [6.07, 6.45) is 81.9. The van der Waals surface area contributed by atoms with Crippen molar-refractivity contribution in [3.63, 3.8) is 0 Å². The highest BCUT2D eigenvalue weighted by molar-refractivity contribution is 7.47. The molecule has 0 bridgehead atoms. The molecule has 0 radical (unpaired) electrons. The fraction of sp³-hybridized carbons (Fsp3) is 0.711. The number of allylic oxidation sites excluding steroid dienone is 20. The van der Waals surface area contributed by atoms with E-state index < -0.39 is 97.5 Å². The Morgan fingerprint density at radius 3 is 0.902 bits per heavy atom. The Morgan fingerprint density at radius 1 is 0.284 bits per heavy atom. The fourth-order valence-electron chi connectivity index (χ4n) is 10.4. The lowest BCUT2D eigenvalue weighted by Crippen LogP contribution is -2.30. The number of hydrogen-bond acceptors (Lipinski definition) is 15. The van der Waals surface area contributed by atoms with Gasteiger partial charge in [-0.3, -0.25) is 37.3 Å². The van der Waals surface area contributed by atoms with Crippen molar-refractivity contribution < 1.29 is 80.2 Å². The molecule has 0 aromatic heterocycles. The number of carbonyl (C=O) groups excluding carboxylic acids is 4. The smallest absolute Gasteiger partial charge is 0.462 e. The molecule has 0 saturated carbocycles.